The highest BCUT2D eigenvalue weighted by Gasteiger charge is 2.15. The van der Waals surface area contributed by atoms with E-state index in [1.807, 2.05) is 158 Å². The van der Waals surface area contributed by atoms with E-state index in [1.54, 1.807) is 28.4 Å². The van der Waals surface area contributed by atoms with Crippen LogP contribution in [0.15, 0.2) is 158 Å². The number of hydrogen-bond acceptors (Lipinski definition) is 10. The quantitative estimate of drug-likeness (QED) is 0.0764. The van der Waals surface area contributed by atoms with Gasteiger partial charge >= 0.3 is 0 Å². The van der Waals surface area contributed by atoms with Gasteiger partial charge in [0, 0.05) is 22.7 Å². The molecule has 0 aromatic heterocycles. The zero-order valence-electron chi connectivity index (χ0n) is 31.5. The van der Waals surface area contributed by atoms with Gasteiger partial charge in [0.25, 0.3) is 0 Å². The molecular formula is C46H42N4O6. The van der Waals surface area contributed by atoms with E-state index in [1.165, 1.54) is 0 Å². The minimum Gasteiger partial charge on any atom is -0.497 e. The second-order valence-electron chi connectivity index (χ2n) is 12.4. The Bertz CT molecular complexity index is 2170. The van der Waals surface area contributed by atoms with Gasteiger partial charge in [-0.25, -0.2) is 0 Å². The molecule has 10 nitrogen and oxygen atoms in total. The second-order valence-corrected chi connectivity index (χ2v) is 12.4. The Kier molecular flexibility index (Phi) is 11.6. The smallest absolute Gasteiger partial charge is 0.153 e. The Morgan fingerprint density at radius 1 is 0.286 bits per heavy atom. The van der Waals surface area contributed by atoms with Gasteiger partial charge in [0.05, 0.1) is 39.8 Å². The lowest BCUT2D eigenvalue weighted by Gasteiger charge is -2.19. The van der Waals surface area contributed by atoms with E-state index in [0.717, 1.165) is 68.5 Å². The van der Waals surface area contributed by atoms with Crippen LogP contribution in [-0.2, 0) is 0 Å². The average molecular weight is 747 g/mol. The molecule has 0 radical (unpaired) electrons. The van der Waals surface area contributed by atoms with Crippen LogP contribution in [0.5, 0.6) is 46.0 Å². The predicted octanol–water partition coefficient (Wildman–Crippen LogP) is 12.3. The number of benzene rings is 7. The van der Waals surface area contributed by atoms with Gasteiger partial charge in [-0.1, -0.05) is 12.1 Å². The van der Waals surface area contributed by atoms with Crippen LogP contribution in [0.4, 0.5) is 45.5 Å². The fraction of sp³-hybridized carbons (Fsp3) is 0.0870. The van der Waals surface area contributed by atoms with Crippen molar-refractivity contribution in [3.05, 3.63) is 158 Å². The molecule has 0 aliphatic carbocycles. The van der Waals surface area contributed by atoms with Crippen LogP contribution >= 0.6 is 0 Å². The zero-order valence-corrected chi connectivity index (χ0v) is 31.5. The van der Waals surface area contributed by atoms with E-state index in [2.05, 4.69) is 21.3 Å². The summed E-state index contributed by atoms with van der Waals surface area (Å²) < 4.78 is 34.5. The topological polar surface area (TPSA) is 104 Å². The van der Waals surface area contributed by atoms with Crippen LogP contribution in [-0.4, -0.2) is 28.4 Å². The maximum atomic E-state index is 6.53. The minimum atomic E-state index is 0.622. The largest absolute Gasteiger partial charge is 0.497 e. The van der Waals surface area contributed by atoms with Gasteiger partial charge in [-0.2, -0.15) is 0 Å². The molecule has 7 rings (SSSR count). The van der Waals surface area contributed by atoms with Gasteiger partial charge in [-0.3, -0.25) is 0 Å². The van der Waals surface area contributed by atoms with Gasteiger partial charge in [0.15, 0.2) is 11.5 Å². The van der Waals surface area contributed by atoms with E-state index in [-0.39, 0.29) is 0 Å². The lowest BCUT2D eigenvalue weighted by atomic mass is 10.2. The molecule has 0 aliphatic rings. The van der Waals surface area contributed by atoms with E-state index < -0.39 is 0 Å². The van der Waals surface area contributed by atoms with Crippen LogP contribution in [0, 0.1) is 0 Å². The number of methoxy groups -OCH3 is 4. The van der Waals surface area contributed by atoms with Crippen molar-refractivity contribution in [2.45, 2.75) is 0 Å². The Hall–Kier alpha value is -7.46. The molecule has 0 fully saturated rings. The average Bonchev–Trinajstić information content (AvgIpc) is 3.24. The molecule has 0 aliphatic heterocycles. The first-order valence-electron chi connectivity index (χ1n) is 17.9. The summed E-state index contributed by atoms with van der Waals surface area (Å²) in [4.78, 5) is 0. The highest BCUT2D eigenvalue weighted by Crippen LogP contribution is 2.42. The molecule has 10 heteroatoms. The van der Waals surface area contributed by atoms with E-state index in [4.69, 9.17) is 28.4 Å². The van der Waals surface area contributed by atoms with Gasteiger partial charge in [-0.05, 0) is 146 Å². The third kappa shape index (κ3) is 9.18. The maximum Gasteiger partial charge on any atom is 0.153 e. The van der Waals surface area contributed by atoms with Gasteiger partial charge in [-0.15, -0.1) is 0 Å². The summed E-state index contributed by atoms with van der Waals surface area (Å²) in [7, 11) is 6.60. The molecule has 0 unspecified atom stereocenters. The third-order valence-electron chi connectivity index (χ3n) is 8.79. The minimum absolute atomic E-state index is 0.622. The summed E-state index contributed by atoms with van der Waals surface area (Å²) in [6, 6.07) is 50.2. The monoisotopic (exact) mass is 746 g/mol. The molecular weight excluding hydrogens is 705 g/mol. The zero-order chi connectivity index (χ0) is 38.7. The van der Waals surface area contributed by atoms with Crippen molar-refractivity contribution < 1.29 is 28.4 Å². The van der Waals surface area contributed by atoms with Crippen molar-refractivity contribution in [2.75, 3.05) is 49.7 Å². The van der Waals surface area contributed by atoms with Crippen molar-refractivity contribution in [1.82, 2.24) is 0 Å². The first-order chi connectivity index (χ1) is 27.5. The molecule has 282 valence electrons. The standard InChI is InChI=1S/C46H42N4O6/c1-51-35-19-11-31(12-20-35)47-41-7-5-9-43(45(41)49-33-15-23-37(53-3)24-16-33)55-39-27-29-40(30-28-39)56-44-10-6-8-42(48-32-13-21-36(52-2)22-14-32)46(44)50-34-17-25-38(54-4)26-18-34/h5-30,47-50H,1-4H3. The number of nitrogens with one attached hydrogen (secondary N) is 4. The van der Waals surface area contributed by atoms with E-state index in [0.29, 0.717) is 23.0 Å². The van der Waals surface area contributed by atoms with Crippen molar-refractivity contribution in [1.29, 1.82) is 0 Å². The van der Waals surface area contributed by atoms with Crippen molar-refractivity contribution in [3.8, 4) is 46.0 Å². The Morgan fingerprint density at radius 2 is 0.554 bits per heavy atom. The SMILES string of the molecule is COc1ccc(Nc2cccc(Oc3ccc(Oc4cccc(Nc5ccc(OC)cc5)c4Nc4ccc(OC)cc4)cc3)c2Nc2ccc(OC)cc2)cc1. The summed E-state index contributed by atoms with van der Waals surface area (Å²) >= 11 is 0. The maximum absolute atomic E-state index is 6.53. The molecule has 0 atom stereocenters. The predicted molar refractivity (Wildman–Crippen MR) is 225 cm³/mol. The molecule has 0 bridgehead atoms. The number of para-hydroxylation sites is 2. The Labute approximate surface area is 326 Å². The highest BCUT2D eigenvalue weighted by atomic mass is 16.5. The summed E-state index contributed by atoms with van der Waals surface area (Å²) in [5, 5.41) is 14.1. The molecule has 0 saturated heterocycles. The number of rotatable bonds is 16. The van der Waals surface area contributed by atoms with Gasteiger partial charge < -0.3 is 49.7 Å². The molecule has 56 heavy (non-hydrogen) atoms. The summed E-state index contributed by atoms with van der Waals surface area (Å²) in [5.74, 6) is 5.59. The number of ether oxygens (including phenoxy) is 6. The van der Waals surface area contributed by atoms with Gasteiger partial charge in [0.1, 0.15) is 45.9 Å². The first kappa shape index (κ1) is 36.9. The molecule has 7 aromatic carbocycles. The van der Waals surface area contributed by atoms with Crippen molar-refractivity contribution >= 4 is 45.5 Å². The normalized spacial score (nSPS) is 10.5. The molecule has 0 saturated carbocycles. The lowest BCUT2D eigenvalue weighted by molar-refractivity contribution is 0.415. The summed E-state index contributed by atoms with van der Waals surface area (Å²) in [6.07, 6.45) is 0. The van der Waals surface area contributed by atoms with E-state index >= 15 is 0 Å². The van der Waals surface area contributed by atoms with Crippen LogP contribution in [0.3, 0.4) is 0 Å². The molecule has 0 amide bonds. The third-order valence-corrected chi connectivity index (χ3v) is 8.79. The fourth-order valence-electron chi connectivity index (χ4n) is 5.83. The highest BCUT2D eigenvalue weighted by molar-refractivity contribution is 5.85. The van der Waals surface area contributed by atoms with Crippen LogP contribution in [0.1, 0.15) is 0 Å². The number of anilines is 8. The van der Waals surface area contributed by atoms with Gasteiger partial charge in [0.2, 0.25) is 0 Å². The molecule has 4 N–H and O–H groups in total. The molecule has 0 spiro atoms. The van der Waals surface area contributed by atoms with Crippen molar-refractivity contribution in [2.24, 2.45) is 0 Å². The Morgan fingerprint density at radius 3 is 0.839 bits per heavy atom. The molecule has 7 aromatic rings. The summed E-state index contributed by atoms with van der Waals surface area (Å²) in [6.45, 7) is 0. The second kappa shape index (κ2) is 17.6. The number of hydrogen-bond donors (Lipinski definition) is 4. The van der Waals surface area contributed by atoms with Crippen molar-refractivity contribution in [3.63, 3.8) is 0 Å². The van der Waals surface area contributed by atoms with Crippen LogP contribution in [0.25, 0.3) is 0 Å². The first-order valence-corrected chi connectivity index (χ1v) is 17.9. The van der Waals surface area contributed by atoms with Crippen LogP contribution < -0.4 is 49.7 Å². The molecule has 0 heterocycles. The lowest BCUT2D eigenvalue weighted by Crippen LogP contribution is -2.01. The van der Waals surface area contributed by atoms with Crippen LogP contribution in [0.2, 0.25) is 0 Å². The Balaban J connectivity index is 1.15. The summed E-state index contributed by atoms with van der Waals surface area (Å²) in [5.41, 5.74) is 6.68. The van der Waals surface area contributed by atoms with E-state index in [9.17, 15) is 0 Å². The fourth-order valence-corrected chi connectivity index (χ4v) is 5.83.